The number of halogens is 1. The van der Waals surface area contributed by atoms with Gasteiger partial charge in [-0.05, 0) is 19.1 Å². The predicted octanol–water partition coefficient (Wildman–Crippen LogP) is 2.16. The van der Waals surface area contributed by atoms with Crippen LogP contribution in [0.4, 0.5) is 4.79 Å². The second-order valence-corrected chi connectivity index (χ2v) is 2.50. The minimum Gasteiger partial charge on any atom is -0.477 e. The molecule has 0 unspecified atom stereocenters. The van der Waals surface area contributed by atoms with E-state index in [0.29, 0.717) is 6.61 Å². The lowest BCUT2D eigenvalue weighted by Gasteiger charge is -1.87. The van der Waals surface area contributed by atoms with Crippen molar-refractivity contribution in [1.29, 1.82) is 0 Å². The molecule has 0 aliphatic rings. The summed E-state index contributed by atoms with van der Waals surface area (Å²) >= 11 is 4.72. The van der Waals surface area contributed by atoms with Gasteiger partial charge in [-0.1, -0.05) is 6.07 Å². The van der Waals surface area contributed by atoms with Gasteiger partial charge in [0.2, 0.25) is 0 Å². The van der Waals surface area contributed by atoms with E-state index in [-0.39, 0.29) is 5.69 Å². The van der Waals surface area contributed by atoms with Crippen LogP contribution >= 0.6 is 11.6 Å². The summed E-state index contributed by atoms with van der Waals surface area (Å²) < 4.78 is 4.17. The summed E-state index contributed by atoms with van der Waals surface area (Å²) in [7, 11) is 0. The van der Waals surface area contributed by atoms with Gasteiger partial charge in [0.1, 0.15) is 5.69 Å². The Morgan fingerprint density at radius 1 is 1.53 bits per heavy atom. The number of hydrogen-bond acceptors (Lipinski definition) is 4. The van der Waals surface area contributed by atoms with Crippen molar-refractivity contribution in [2.75, 3.05) is 6.61 Å². The number of pyridine rings is 1. The van der Waals surface area contributed by atoms with E-state index in [0.717, 1.165) is 0 Å². The Hall–Kier alpha value is -1.62. The normalized spacial score (nSPS) is 8.40. The number of carbonyl (C=O) groups is 2. The standard InChI is InChI=1S/C6H5NO2.C3H5ClO2/c8-6(9)5-3-1-2-4-7-5;1-2-6-3(4)5/h1-4H,(H,8,9);2H2,1H3. The molecule has 1 heterocycles. The maximum atomic E-state index is 10.1. The van der Waals surface area contributed by atoms with Gasteiger partial charge in [-0.15, -0.1) is 0 Å². The summed E-state index contributed by atoms with van der Waals surface area (Å²) in [4.78, 5) is 23.3. The van der Waals surface area contributed by atoms with Crippen LogP contribution in [0.5, 0.6) is 0 Å². The number of nitrogens with zero attached hydrogens (tertiary/aromatic N) is 1. The second-order valence-electron chi connectivity index (χ2n) is 2.19. The first-order chi connectivity index (χ1) is 7.07. The number of hydrogen-bond donors (Lipinski definition) is 1. The topological polar surface area (TPSA) is 76.5 Å². The fourth-order valence-electron chi connectivity index (χ4n) is 0.603. The van der Waals surface area contributed by atoms with Crippen molar-refractivity contribution in [2.45, 2.75) is 6.92 Å². The molecule has 5 nitrogen and oxygen atoms in total. The molecule has 0 bridgehead atoms. The van der Waals surface area contributed by atoms with E-state index in [2.05, 4.69) is 9.72 Å². The molecule has 6 heteroatoms. The van der Waals surface area contributed by atoms with Crippen LogP contribution in [0, 0.1) is 0 Å². The Morgan fingerprint density at radius 3 is 2.40 bits per heavy atom. The van der Waals surface area contributed by atoms with E-state index in [1.807, 2.05) is 0 Å². The average molecular weight is 232 g/mol. The molecular formula is C9H10ClNO4. The first-order valence-corrected chi connectivity index (χ1v) is 4.42. The highest BCUT2D eigenvalue weighted by atomic mass is 35.5. The number of aromatic nitrogens is 1. The predicted molar refractivity (Wildman–Crippen MR) is 54.1 cm³/mol. The highest BCUT2D eigenvalue weighted by Crippen LogP contribution is 1.90. The third kappa shape index (κ3) is 7.45. The molecule has 0 saturated carbocycles. The summed E-state index contributed by atoms with van der Waals surface area (Å²) in [5, 5.41) is 8.32. The van der Waals surface area contributed by atoms with Gasteiger partial charge in [-0.3, -0.25) is 0 Å². The van der Waals surface area contributed by atoms with Crippen molar-refractivity contribution in [3.8, 4) is 0 Å². The van der Waals surface area contributed by atoms with Crippen molar-refractivity contribution >= 4 is 23.0 Å². The zero-order valence-electron chi connectivity index (χ0n) is 8.01. The monoisotopic (exact) mass is 231 g/mol. The molecule has 1 aromatic heterocycles. The van der Waals surface area contributed by atoms with Crippen LogP contribution in [0.1, 0.15) is 17.4 Å². The van der Waals surface area contributed by atoms with Crippen LogP contribution < -0.4 is 0 Å². The molecule has 0 aliphatic heterocycles. The van der Waals surface area contributed by atoms with Crippen molar-refractivity contribution in [2.24, 2.45) is 0 Å². The molecule has 1 aromatic rings. The van der Waals surface area contributed by atoms with Crippen molar-refractivity contribution < 1.29 is 19.4 Å². The summed E-state index contributed by atoms with van der Waals surface area (Å²) in [6.07, 6.45) is 1.45. The molecule has 1 N–H and O–H groups in total. The minimum absolute atomic E-state index is 0.0810. The lowest BCUT2D eigenvalue weighted by atomic mass is 10.4. The van der Waals surface area contributed by atoms with E-state index in [1.165, 1.54) is 12.3 Å². The fourth-order valence-corrected chi connectivity index (χ4v) is 0.712. The highest BCUT2D eigenvalue weighted by Gasteiger charge is 1.98. The summed E-state index contributed by atoms with van der Waals surface area (Å²) in [5.74, 6) is -0.990. The van der Waals surface area contributed by atoms with Gasteiger partial charge >= 0.3 is 11.4 Å². The number of aromatic carboxylic acids is 1. The smallest absolute Gasteiger partial charge is 0.403 e. The maximum absolute atomic E-state index is 10.1. The van der Waals surface area contributed by atoms with Crippen LogP contribution in [0.25, 0.3) is 0 Å². The molecule has 0 atom stereocenters. The first-order valence-electron chi connectivity index (χ1n) is 4.04. The van der Waals surface area contributed by atoms with Gasteiger partial charge in [0.25, 0.3) is 0 Å². The number of rotatable bonds is 2. The largest absolute Gasteiger partial charge is 0.477 e. The van der Waals surface area contributed by atoms with Crippen molar-refractivity contribution in [1.82, 2.24) is 4.98 Å². The molecule has 0 radical (unpaired) electrons. The third-order valence-electron chi connectivity index (χ3n) is 1.14. The number of carboxylic acids is 1. The molecule has 0 fully saturated rings. The molecule has 0 spiro atoms. The van der Waals surface area contributed by atoms with Gasteiger partial charge in [0.05, 0.1) is 6.61 Å². The molecular weight excluding hydrogens is 222 g/mol. The molecule has 0 saturated heterocycles. The van der Waals surface area contributed by atoms with Crippen LogP contribution in [-0.4, -0.2) is 28.1 Å². The molecule has 15 heavy (non-hydrogen) atoms. The number of carbonyl (C=O) groups excluding carboxylic acids is 1. The van der Waals surface area contributed by atoms with Gasteiger partial charge in [-0.2, -0.15) is 0 Å². The molecule has 0 amide bonds. The average Bonchev–Trinajstić information content (AvgIpc) is 2.20. The van der Waals surface area contributed by atoms with Gasteiger partial charge < -0.3 is 9.84 Å². The zero-order chi connectivity index (χ0) is 11.7. The van der Waals surface area contributed by atoms with Crippen molar-refractivity contribution in [3.63, 3.8) is 0 Å². The Kier molecular flexibility index (Phi) is 6.92. The Labute approximate surface area is 91.7 Å². The second kappa shape index (κ2) is 7.75. The SMILES string of the molecule is CCOC(=O)Cl.O=C(O)c1ccccn1. The van der Waals surface area contributed by atoms with Gasteiger partial charge in [-0.25, -0.2) is 14.6 Å². The van der Waals surface area contributed by atoms with E-state index >= 15 is 0 Å². The van der Waals surface area contributed by atoms with E-state index in [9.17, 15) is 9.59 Å². The quantitative estimate of drug-likeness (QED) is 0.790. The molecule has 0 aromatic carbocycles. The minimum atomic E-state index is -0.990. The lowest BCUT2D eigenvalue weighted by molar-refractivity contribution is 0.0690. The molecule has 1 rings (SSSR count). The molecule has 82 valence electrons. The summed E-state index contributed by atoms with van der Waals surface area (Å²) in [6, 6.07) is 4.76. The van der Waals surface area contributed by atoms with Gasteiger partial charge in [0.15, 0.2) is 0 Å². The Morgan fingerprint density at radius 2 is 2.20 bits per heavy atom. The van der Waals surface area contributed by atoms with Gasteiger partial charge in [0, 0.05) is 17.8 Å². The lowest BCUT2D eigenvalue weighted by Crippen LogP contribution is -1.97. The highest BCUT2D eigenvalue weighted by molar-refractivity contribution is 6.61. The van der Waals surface area contributed by atoms with E-state index in [1.54, 1.807) is 19.1 Å². The van der Waals surface area contributed by atoms with E-state index in [4.69, 9.17) is 16.7 Å². The zero-order valence-corrected chi connectivity index (χ0v) is 8.77. The van der Waals surface area contributed by atoms with E-state index < -0.39 is 11.4 Å². The summed E-state index contributed by atoms with van der Waals surface area (Å²) in [6.45, 7) is 2.04. The van der Waals surface area contributed by atoms with Crippen LogP contribution in [-0.2, 0) is 4.74 Å². The first kappa shape index (κ1) is 13.4. The van der Waals surface area contributed by atoms with Crippen LogP contribution in [0.3, 0.4) is 0 Å². The summed E-state index contributed by atoms with van der Waals surface area (Å²) in [5.41, 5.74) is -0.657. The fraction of sp³-hybridized carbons (Fsp3) is 0.222. The van der Waals surface area contributed by atoms with Crippen molar-refractivity contribution in [3.05, 3.63) is 30.1 Å². The third-order valence-corrected chi connectivity index (χ3v) is 1.25. The number of ether oxygens (including phenoxy) is 1. The van der Waals surface area contributed by atoms with Crippen LogP contribution in [0.2, 0.25) is 0 Å². The Bertz CT molecular complexity index is 315. The maximum Gasteiger partial charge on any atom is 0.403 e. The van der Waals surface area contributed by atoms with Crippen LogP contribution in [0.15, 0.2) is 24.4 Å². The number of carboxylic acid groups (broad SMARTS) is 1. The molecule has 0 aliphatic carbocycles. The Balaban J connectivity index is 0.000000288.